The average Bonchev–Trinajstić information content (AvgIpc) is 3.40. The van der Waals surface area contributed by atoms with Gasteiger partial charge in [-0.05, 0) is 37.8 Å². The normalized spacial score (nSPS) is 17.0. The zero-order valence-electron chi connectivity index (χ0n) is 13.3. The summed E-state index contributed by atoms with van der Waals surface area (Å²) in [5.41, 5.74) is 6.03. The largest absolute Gasteiger partial charge is 0.349 e. The first-order valence-corrected chi connectivity index (χ1v) is 7.99. The molecule has 1 aliphatic carbocycles. The van der Waals surface area contributed by atoms with E-state index in [2.05, 4.69) is 10.3 Å². The van der Waals surface area contributed by atoms with Crippen molar-refractivity contribution < 1.29 is 4.79 Å². The van der Waals surface area contributed by atoms with Gasteiger partial charge in [0.2, 0.25) is 5.91 Å². The van der Waals surface area contributed by atoms with Crippen molar-refractivity contribution in [2.24, 2.45) is 11.7 Å². The highest BCUT2D eigenvalue weighted by Gasteiger charge is 2.41. The standard InChI is InChI=1S/C17H22N4O2/c1-17(10-18,12-6-7-12)20-15(22)8-9-21-11-19-14-5-3-2-4-13(14)16(21)23/h2-5,11-12H,6-10,18H2,1H3,(H,20,22). The van der Waals surface area contributed by atoms with Crippen molar-refractivity contribution in [3.63, 3.8) is 0 Å². The monoisotopic (exact) mass is 314 g/mol. The van der Waals surface area contributed by atoms with Gasteiger partial charge < -0.3 is 11.1 Å². The summed E-state index contributed by atoms with van der Waals surface area (Å²) in [7, 11) is 0. The second-order valence-corrected chi connectivity index (χ2v) is 6.45. The molecule has 1 atom stereocenters. The Hall–Kier alpha value is -2.21. The van der Waals surface area contributed by atoms with Crippen molar-refractivity contribution in [2.45, 2.75) is 38.3 Å². The Morgan fingerprint density at radius 2 is 2.17 bits per heavy atom. The van der Waals surface area contributed by atoms with Crippen molar-refractivity contribution in [1.82, 2.24) is 14.9 Å². The molecule has 6 nitrogen and oxygen atoms in total. The Labute approximate surface area is 134 Å². The summed E-state index contributed by atoms with van der Waals surface area (Å²) in [6.07, 6.45) is 3.97. The summed E-state index contributed by atoms with van der Waals surface area (Å²) < 4.78 is 1.48. The number of aryl methyl sites for hydroxylation is 1. The first-order chi connectivity index (χ1) is 11.0. The van der Waals surface area contributed by atoms with E-state index < -0.39 is 0 Å². The summed E-state index contributed by atoms with van der Waals surface area (Å²) in [6, 6.07) is 7.21. The lowest BCUT2D eigenvalue weighted by molar-refractivity contribution is -0.123. The van der Waals surface area contributed by atoms with Crippen LogP contribution < -0.4 is 16.6 Å². The minimum Gasteiger partial charge on any atom is -0.349 e. The first-order valence-electron chi connectivity index (χ1n) is 7.99. The van der Waals surface area contributed by atoms with E-state index in [0.29, 0.717) is 29.9 Å². The number of nitrogens with zero attached hydrogens (tertiary/aromatic N) is 2. The van der Waals surface area contributed by atoms with Gasteiger partial charge in [0.1, 0.15) is 0 Å². The van der Waals surface area contributed by atoms with Gasteiger partial charge in [0.25, 0.3) is 5.56 Å². The molecule has 0 aliphatic heterocycles. The minimum atomic E-state index is -0.330. The Morgan fingerprint density at radius 3 is 2.87 bits per heavy atom. The molecule has 23 heavy (non-hydrogen) atoms. The van der Waals surface area contributed by atoms with E-state index in [1.807, 2.05) is 19.1 Å². The third-order valence-corrected chi connectivity index (χ3v) is 4.64. The number of fused-ring (bicyclic) bond motifs is 1. The molecule has 1 fully saturated rings. The number of rotatable bonds is 6. The third kappa shape index (κ3) is 3.27. The molecule has 0 saturated heterocycles. The van der Waals surface area contributed by atoms with Gasteiger partial charge in [0.15, 0.2) is 0 Å². The number of hydrogen-bond donors (Lipinski definition) is 2. The Kier molecular flexibility index (Phi) is 4.17. The van der Waals surface area contributed by atoms with Crippen molar-refractivity contribution in [2.75, 3.05) is 6.54 Å². The Morgan fingerprint density at radius 1 is 1.43 bits per heavy atom. The van der Waals surface area contributed by atoms with Gasteiger partial charge in [-0.15, -0.1) is 0 Å². The maximum Gasteiger partial charge on any atom is 0.261 e. The van der Waals surface area contributed by atoms with E-state index in [4.69, 9.17) is 5.73 Å². The highest BCUT2D eigenvalue weighted by molar-refractivity contribution is 5.78. The lowest BCUT2D eigenvalue weighted by Gasteiger charge is -2.29. The number of hydrogen-bond acceptors (Lipinski definition) is 4. The zero-order chi connectivity index (χ0) is 16.4. The number of para-hydroxylation sites is 1. The molecule has 122 valence electrons. The van der Waals surface area contributed by atoms with E-state index in [1.54, 1.807) is 12.1 Å². The van der Waals surface area contributed by atoms with E-state index in [1.165, 1.54) is 10.9 Å². The second kappa shape index (κ2) is 6.12. The van der Waals surface area contributed by atoms with Crippen LogP contribution in [0.15, 0.2) is 35.4 Å². The van der Waals surface area contributed by atoms with Crippen LogP contribution >= 0.6 is 0 Å². The van der Waals surface area contributed by atoms with Gasteiger partial charge in [-0.3, -0.25) is 14.2 Å². The molecule has 1 aliphatic rings. The number of benzene rings is 1. The Bertz CT molecular complexity index is 782. The van der Waals surface area contributed by atoms with Crippen molar-refractivity contribution >= 4 is 16.8 Å². The molecule has 1 aromatic heterocycles. The maximum atomic E-state index is 12.4. The molecule has 3 N–H and O–H groups in total. The number of carbonyl (C=O) groups is 1. The van der Waals surface area contributed by atoms with E-state index in [-0.39, 0.29) is 23.4 Å². The smallest absolute Gasteiger partial charge is 0.261 e. The molecule has 0 spiro atoms. The number of nitrogens with one attached hydrogen (secondary N) is 1. The van der Waals surface area contributed by atoms with Crippen LogP contribution in [0.2, 0.25) is 0 Å². The predicted molar refractivity (Wildman–Crippen MR) is 88.9 cm³/mol. The van der Waals surface area contributed by atoms with E-state index in [0.717, 1.165) is 12.8 Å². The summed E-state index contributed by atoms with van der Waals surface area (Å²) in [6.45, 7) is 2.74. The van der Waals surface area contributed by atoms with Gasteiger partial charge in [0.05, 0.1) is 22.8 Å². The van der Waals surface area contributed by atoms with Crippen LogP contribution in [0.3, 0.4) is 0 Å². The van der Waals surface area contributed by atoms with E-state index in [9.17, 15) is 9.59 Å². The van der Waals surface area contributed by atoms with Crippen molar-refractivity contribution in [3.05, 3.63) is 40.9 Å². The summed E-state index contributed by atoms with van der Waals surface area (Å²) in [5, 5.41) is 3.60. The second-order valence-electron chi connectivity index (χ2n) is 6.45. The van der Waals surface area contributed by atoms with Crippen LogP contribution in [0.25, 0.3) is 10.9 Å². The fraction of sp³-hybridized carbons (Fsp3) is 0.471. The van der Waals surface area contributed by atoms with Crippen LogP contribution in [0, 0.1) is 5.92 Å². The van der Waals surface area contributed by atoms with E-state index >= 15 is 0 Å². The summed E-state index contributed by atoms with van der Waals surface area (Å²) in [5.74, 6) is 0.395. The van der Waals surface area contributed by atoms with Gasteiger partial charge in [-0.2, -0.15) is 0 Å². The van der Waals surface area contributed by atoms with Crippen LogP contribution in [0.5, 0.6) is 0 Å². The number of aromatic nitrogens is 2. The van der Waals surface area contributed by atoms with Crippen LogP contribution in [-0.4, -0.2) is 27.5 Å². The molecule has 2 aromatic rings. The Balaban J connectivity index is 1.67. The molecule has 3 rings (SSSR count). The maximum absolute atomic E-state index is 12.4. The predicted octanol–water partition coefficient (Wildman–Crippen LogP) is 1.03. The molecule has 1 aromatic carbocycles. The topological polar surface area (TPSA) is 90.0 Å². The SMILES string of the molecule is CC(CN)(NC(=O)CCn1cnc2ccccc2c1=O)C1CC1. The zero-order valence-corrected chi connectivity index (χ0v) is 13.3. The van der Waals surface area contributed by atoms with Crippen molar-refractivity contribution in [3.8, 4) is 0 Å². The van der Waals surface area contributed by atoms with Crippen LogP contribution in [-0.2, 0) is 11.3 Å². The highest BCUT2D eigenvalue weighted by Crippen LogP contribution is 2.38. The molecule has 0 radical (unpaired) electrons. The van der Waals surface area contributed by atoms with Gasteiger partial charge in [-0.25, -0.2) is 4.98 Å². The number of amides is 1. The molecule has 1 unspecified atom stereocenters. The highest BCUT2D eigenvalue weighted by atomic mass is 16.2. The molecule has 0 bridgehead atoms. The number of carbonyl (C=O) groups excluding carboxylic acids is 1. The molecular formula is C17H22N4O2. The van der Waals surface area contributed by atoms with Crippen LogP contribution in [0.1, 0.15) is 26.2 Å². The molecular weight excluding hydrogens is 292 g/mol. The van der Waals surface area contributed by atoms with Crippen molar-refractivity contribution in [1.29, 1.82) is 0 Å². The molecule has 1 saturated carbocycles. The quantitative estimate of drug-likeness (QED) is 0.833. The summed E-state index contributed by atoms with van der Waals surface area (Å²) in [4.78, 5) is 28.8. The molecule has 1 amide bonds. The van der Waals surface area contributed by atoms with Gasteiger partial charge in [0, 0.05) is 19.5 Å². The lowest BCUT2D eigenvalue weighted by atomic mass is 9.96. The third-order valence-electron chi connectivity index (χ3n) is 4.64. The van der Waals surface area contributed by atoms with Gasteiger partial charge in [-0.1, -0.05) is 12.1 Å². The lowest BCUT2D eigenvalue weighted by Crippen LogP contribution is -2.53. The van der Waals surface area contributed by atoms with Crippen LogP contribution in [0.4, 0.5) is 0 Å². The molecule has 6 heteroatoms. The fourth-order valence-electron chi connectivity index (χ4n) is 2.91. The summed E-state index contributed by atoms with van der Waals surface area (Å²) >= 11 is 0. The van der Waals surface area contributed by atoms with Gasteiger partial charge >= 0.3 is 0 Å². The molecule has 1 heterocycles. The fourth-order valence-corrected chi connectivity index (χ4v) is 2.91. The number of nitrogens with two attached hydrogens (primary N) is 1. The average molecular weight is 314 g/mol. The minimum absolute atomic E-state index is 0.0788. The first kappa shape index (κ1) is 15.7.